The van der Waals surface area contributed by atoms with E-state index in [4.69, 9.17) is 14.2 Å². The molecule has 0 amide bonds. The Morgan fingerprint density at radius 3 is 2.55 bits per heavy atom. The second-order valence-electron chi connectivity index (χ2n) is 6.91. The summed E-state index contributed by atoms with van der Waals surface area (Å²) in [6, 6.07) is 10.5. The van der Waals surface area contributed by atoms with Gasteiger partial charge in [0.25, 0.3) is 5.56 Å². The predicted molar refractivity (Wildman–Crippen MR) is 118 cm³/mol. The molecule has 0 aliphatic carbocycles. The Bertz CT molecular complexity index is 1130. The van der Waals surface area contributed by atoms with Crippen molar-refractivity contribution in [3.8, 4) is 11.5 Å². The monoisotopic (exact) mass is 425 g/mol. The first-order valence-corrected chi connectivity index (χ1v) is 10.2. The number of nitrogens with one attached hydrogen (secondary N) is 2. The van der Waals surface area contributed by atoms with Gasteiger partial charge < -0.3 is 24.5 Å². The van der Waals surface area contributed by atoms with Crippen molar-refractivity contribution >= 4 is 16.9 Å². The molecule has 0 radical (unpaired) electrons. The van der Waals surface area contributed by atoms with Gasteiger partial charge in [0, 0.05) is 6.04 Å². The quantitative estimate of drug-likeness (QED) is 0.507. The fraction of sp³-hybridized carbons (Fsp3) is 0.348. The maximum atomic E-state index is 12.4. The lowest BCUT2D eigenvalue weighted by molar-refractivity contribution is 0.0601. The van der Waals surface area contributed by atoms with Crippen LogP contribution in [0.25, 0.3) is 10.9 Å². The normalized spacial score (nSPS) is 11.9. The lowest BCUT2D eigenvalue weighted by Crippen LogP contribution is -2.22. The molecule has 0 saturated carbocycles. The molecule has 1 atom stereocenters. The number of hydrogen-bond donors (Lipinski definition) is 2. The zero-order chi connectivity index (χ0) is 22.4. The molecule has 1 aromatic heterocycles. The molecule has 0 fully saturated rings. The van der Waals surface area contributed by atoms with E-state index in [2.05, 4.69) is 15.3 Å². The molecular formula is C23H27N3O5. The molecule has 0 aliphatic rings. The number of esters is 1. The van der Waals surface area contributed by atoms with Crippen molar-refractivity contribution in [1.82, 2.24) is 15.3 Å². The molecule has 1 heterocycles. The zero-order valence-corrected chi connectivity index (χ0v) is 18.2. The standard InChI is InChI=1S/C23H27N3O5/c1-5-30-19-10-8-15(12-20(19)31-6-2)14(3)24-13-21-25-18-11-16(23(28)29-4)7-9-17(18)22(27)26-21/h7-12,14,24H,5-6,13H2,1-4H3,(H,25,26,27)/t14-/m0/s1. The van der Waals surface area contributed by atoms with E-state index in [-0.39, 0.29) is 11.6 Å². The average molecular weight is 425 g/mol. The highest BCUT2D eigenvalue weighted by atomic mass is 16.5. The number of H-pyrrole nitrogens is 1. The Kier molecular flexibility index (Phi) is 7.25. The maximum Gasteiger partial charge on any atom is 0.337 e. The van der Waals surface area contributed by atoms with Gasteiger partial charge in [0.15, 0.2) is 11.5 Å². The van der Waals surface area contributed by atoms with Gasteiger partial charge in [-0.25, -0.2) is 9.78 Å². The summed E-state index contributed by atoms with van der Waals surface area (Å²) in [6.45, 7) is 7.32. The van der Waals surface area contributed by atoms with Crippen LogP contribution in [0, 0.1) is 0 Å². The third-order valence-electron chi connectivity index (χ3n) is 4.82. The minimum absolute atomic E-state index is 0.0303. The molecule has 3 rings (SSSR count). The van der Waals surface area contributed by atoms with E-state index in [1.807, 2.05) is 39.0 Å². The van der Waals surface area contributed by atoms with Crippen LogP contribution in [0.1, 0.15) is 48.6 Å². The first-order chi connectivity index (χ1) is 15.0. The third-order valence-corrected chi connectivity index (χ3v) is 4.82. The van der Waals surface area contributed by atoms with Gasteiger partial charge in [-0.15, -0.1) is 0 Å². The van der Waals surface area contributed by atoms with Gasteiger partial charge in [-0.3, -0.25) is 4.79 Å². The highest BCUT2D eigenvalue weighted by Gasteiger charge is 2.13. The molecule has 3 aromatic rings. The molecule has 2 N–H and O–H groups in total. The van der Waals surface area contributed by atoms with Crippen LogP contribution < -0.4 is 20.3 Å². The van der Waals surface area contributed by atoms with Gasteiger partial charge in [-0.05, 0) is 56.7 Å². The molecule has 0 spiro atoms. The summed E-state index contributed by atoms with van der Waals surface area (Å²) in [5.41, 5.74) is 1.54. The summed E-state index contributed by atoms with van der Waals surface area (Å²) in [5.74, 6) is 1.41. The van der Waals surface area contributed by atoms with Gasteiger partial charge in [-0.2, -0.15) is 0 Å². The number of hydrogen-bond acceptors (Lipinski definition) is 7. The summed E-state index contributed by atoms with van der Waals surface area (Å²) in [6.07, 6.45) is 0. The van der Waals surface area contributed by atoms with Crippen molar-refractivity contribution in [2.75, 3.05) is 20.3 Å². The maximum absolute atomic E-state index is 12.4. The number of nitrogens with zero attached hydrogens (tertiary/aromatic N) is 1. The van der Waals surface area contributed by atoms with Crippen LogP contribution in [0.15, 0.2) is 41.2 Å². The Morgan fingerprint density at radius 2 is 1.84 bits per heavy atom. The Morgan fingerprint density at radius 1 is 1.10 bits per heavy atom. The largest absolute Gasteiger partial charge is 0.490 e. The Labute approximate surface area is 180 Å². The average Bonchev–Trinajstić information content (AvgIpc) is 2.78. The first-order valence-electron chi connectivity index (χ1n) is 10.2. The highest BCUT2D eigenvalue weighted by Crippen LogP contribution is 2.30. The van der Waals surface area contributed by atoms with Gasteiger partial charge in [0.2, 0.25) is 0 Å². The summed E-state index contributed by atoms with van der Waals surface area (Å²) in [4.78, 5) is 31.5. The number of ether oxygens (including phenoxy) is 3. The van der Waals surface area contributed by atoms with Gasteiger partial charge in [0.1, 0.15) is 5.82 Å². The van der Waals surface area contributed by atoms with E-state index in [1.54, 1.807) is 18.2 Å². The zero-order valence-electron chi connectivity index (χ0n) is 18.2. The Balaban J connectivity index is 1.79. The molecular weight excluding hydrogens is 398 g/mol. The van der Waals surface area contributed by atoms with Crippen LogP contribution in [0.3, 0.4) is 0 Å². The Hall–Kier alpha value is -3.39. The number of carbonyl (C=O) groups excluding carboxylic acids is 1. The summed E-state index contributed by atoms with van der Waals surface area (Å²) in [5, 5.41) is 3.77. The first kappa shape index (κ1) is 22.3. The van der Waals surface area contributed by atoms with Crippen LogP contribution >= 0.6 is 0 Å². The fourth-order valence-corrected chi connectivity index (χ4v) is 3.22. The summed E-state index contributed by atoms with van der Waals surface area (Å²) in [7, 11) is 1.31. The minimum atomic E-state index is -0.474. The summed E-state index contributed by atoms with van der Waals surface area (Å²) >= 11 is 0. The number of fused-ring (bicyclic) bond motifs is 1. The van der Waals surface area contributed by atoms with Crippen LogP contribution in [-0.4, -0.2) is 36.3 Å². The molecule has 31 heavy (non-hydrogen) atoms. The third kappa shape index (κ3) is 5.21. The molecule has 0 bridgehead atoms. The molecule has 0 unspecified atom stereocenters. The summed E-state index contributed by atoms with van der Waals surface area (Å²) < 4.78 is 16.1. The number of benzene rings is 2. The minimum Gasteiger partial charge on any atom is -0.490 e. The molecule has 0 saturated heterocycles. The van der Waals surface area contributed by atoms with Crippen molar-refractivity contribution in [3.63, 3.8) is 0 Å². The van der Waals surface area contributed by atoms with Crippen LogP contribution in [0.4, 0.5) is 0 Å². The topological polar surface area (TPSA) is 103 Å². The van der Waals surface area contributed by atoms with Crippen LogP contribution in [0.2, 0.25) is 0 Å². The molecule has 8 nitrogen and oxygen atoms in total. The number of carbonyl (C=O) groups is 1. The second-order valence-corrected chi connectivity index (χ2v) is 6.91. The molecule has 2 aromatic carbocycles. The highest BCUT2D eigenvalue weighted by molar-refractivity contribution is 5.93. The van der Waals surface area contributed by atoms with E-state index in [0.717, 1.165) is 5.56 Å². The van der Waals surface area contributed by atoms with Crippen molar-refractivity contribution in [3.05, 3.63) is 63.7 Å². The lowest BCUT2D eigenvalue weighted by atomic mass is 10.1. The number of aromatic nitrogens is 2. The van der Waals surface area contributed by atoms with Crippen LogP contribution in [0.5, 0.6) is 11.5 Å². The molecule has 164 valence electrons. The van der Waals surface area contributed by atoms with Crippen molar-refractivity contribution < 1.29 is 19.0 Å². The van der Waals surface area contributed by atoms with E-state index >= 15 is 0 Å². The van der Waals surface area contributed by atoms with E-state index < -0.39 is 5.97 Å². The number of rotatable bonds is 9. The van der Waals surface area contributed by atoms with Gasteiger partial charge in [0.05, 0.1) is 43.3 Å². The van der Waals surface area contributed by atoms with E-state index in [0.29, 0.717) is 53.5 Å². The van der Waals surface area contributed by atoms with Crippen molar-refractivity contribution in [2.45, 2.75) is 33.4 Å². The smallest absolute Gasteiger partial charge is 0.337 e. The van der Waals surface area contributed by atoms with E-state index in [1.165, 1.54) is 7.11 Å². The van der Waals surface area contributed by atoms with Crippen molar-refractivity contribution in [1.29, 1.82) is 0 Å². The molecule has 0 aliphatic heterocycles. The lowest BCUT2D eigenvalue weighted by Gasteiger charge is -2.17. The number of methoxy groups -OCH3 is 1. The number of aromatic amines is 1. The van der Waals surface area contributed by atoms with E-state index in [9.17, 15) is 9.59 Å². The predicted octanol–water partition coefficient (Wildman–Crippen LogP) is 3.36. The SMILES string of the molecule is CCOc1ccc([C@H](C)NCc2nc3cc(C(=O)OC)ccc3c(=O)[nH]2)cc1OCC. The second kappa shape index (κ2) is 10.1. The van der Waals surface area contributed by atoms with Crippen molar-refractivity contribution in [2.24, 2.45) is 0 Å². The van der Waals surface area contributed by atoms with Gasteiger partial charge in [-0.1, -0.05) is 6.07 Å². The molecule has 8 heteroatoms. The van der Waals surface area contributed by atoms with Gasteiger partial charge >= 0.3 is 5.97 Å². The van der Waals surface area contributed by atoms with Crippen LogP contribution in [-0.2, 0) is 11.3 Å². The fourth-order valence-electron chi connectivity index (χ4n) is 3.22.